The molecule has 0 atom stereocenters. The van der Waals surface area contributed by atoms with E-state index in [4.69, 9.17) is 9.72 Å². The zero-order valence-electron chi connectivity index (χ0n) is 17.7. The van der Waals surface area contributed by atoms with Crippen LogP contribution in [-0.2, 0) is 18.4 Å². The SMILES string of the molecule is Cc1nn(C)c2nc(-c3ccccc3)cc(C(=O)OCc3cc(=O)n4c(C)csc4n3)c12. The molecule has 5 aromatic rings. The van der Waals surface area contributed by atoms with Crippen molar-refractivity contribution < 1.29 is 9.53 Å². The van der Waals surface area contributed by atoms with E-state index in [0.29, 0.717) is 38.6 Å². The smallest absolute Gasteiger partial charge is 0.339 e. The molecule has 0 aliphatic heterocycles. The second-order valence-electron chi connectivity index (χ2n) is 7.49. The van der Waals surface area contributed by atoms with Gasteiger partial charge < -0.3 is 4.74 Å². The van der Waals surface area contributed by atoms with Crippen LogP contribution < -0.4 is 5.56 Å². The van der Waals surface area contributed by atoms with Gasteiger partial charge in [0.15, 0.2) is 10.6 Å². The first-order valence-corrected chi connectivity index (χ1v) is 10.8. The Bertz CT molecular complexity index is 1550. The van der Waals surface area contributed by atoms with Crippen LogP contribution in [0.2, 0.25) is 0 Å². The highest BCUT2D eigenvalue weighted by Gasteiger charge is 2.21. The van der Waals surface area contributed by atoms with Crippen molar-refractivity contribution >= 4 is 33.3 Å². The molecule has 4 heterocycles. The number of carbonyl (C=O) groups excluding carboxylic acids is 1. The molecular formula is C23H19N5O3S. The van der Waals surface area contributed by atoms with Crippen LogP contribution in [0.25, 0.3) is 27.3 Å². The molecule has 5 rings (SSSR count). The number of aromatic nitrogens is 5. The number of rotatable bonds is 4. The number of aryl methyl sites for hydroxylation is 3. The van der Waals surface area contributed by atoms with Crippen LogP contribution in [0.4, 0.5) is 0 Å². The molecule has 0 aliphatic rings. The van der Waals surface area contributed by atoms with Crippen molar-refractivity contribution in [3.05, 3.63) is 80.8 Å². The number of pyridine rings is 1. The van der Waals surface area contributed by atoms with Gasteiger partial charge in [0.05, 0.1) is 28.0 Å². The molecule has 0 unspecified atom stereocenters. The van der Waals surface area contributed by atoms with Gasteiger partial charge in [-0.2, -0.15) is 5.10 Å². The minimum atomic E-state index is -0.518. The number of benzene rings is 1. The van der Waals surface area contributed by atoms with Crippen LogP contribution in [0.3, 0.4) is 0 Å². The quantitative estimate of drug-likeness (QED) is 0.392. The lowest BCUT2D eigenvalue weighted by molar-refractivity contribution is 0.0470. The van der Waals surface area contributed by atoms with Crippen molar-refractivity contribution in [1.82, 2.24) is 24.1 Å². The van der Waals surface area contributed by atoms with E-state index in [1.54, 1.807) is 17.8 Å². The Kier molecular flexibility index (Phi) is 4.82. The van der Waals surface area contributed by atoms with E-state index >= 15 is 0 Å². The fourth-order valence-electron chi connectivity index (χ4n) is 3.75. The molecule has 0 bridgehead atoms. The molecule has 0 radical (unpaired) electrons. The first-order chi connectivity index (χ1) is 15.4. The zero-order chi connectivity index (χ0) is 22.4. The molecule has 0 amide bonds. The molecule has 1 aromatic carbocycles. The lowest BCUT2D eigenvalue weighted by atomic mass is 10.1. The molecule has 0 fully saturated rings. The highest BCUT2D eigenvalue weighted by molar-refractivity contribution is 7.15. The van der Waals surface area contributed by atoms with Crippen LogP contribution >= 0.6 is 11.3 Å². The summed E-state index contributed by atoms with van der Waals surface area (Å²) in [5.41, 5.74) is 4.24. The summed E-state index contributed by atoms with van der Waals surface area (Å²) in [6, 6.07) is 12.7. The summed E-state index contributed by atoms with van der Waals surface area (Å²) in [5.74, 6) is -0.518. The van der Waals surface area contributed by atoms with Crippen molar-refractivity contribution in [1.29, 1.82) is 0 Å². The number of ether oxygens (including phenoxy) is 1. The predicted octanol–water partition coefficient (Wildman–Crippen LogP) is 3.68. The van der Waals surface area contributed by atoms with E-state index < -0.39 is 5.97 Å². The van der Waals surface area contributed by atoms with Gasteiger partial charge in [-0.25, -0.2) is 14.8 Å². The second-order valence-corrected chi connectivity index (χ2v) is 8.32. The number of hydrogen-bond donors (Lipinski definition) is 0. The van der Waals surface area contributed by atoms with E-state index in [1.807, 2.05) is 49.6 Å². The minimum absolute atomic E-state index is 0.106. The van der Waals surface area contributed by atoms with E-state index in [9.17, 15) is 9.59 Å². The largest absolute Gasteiger partial charge is 0.456 e. The molecule has 9 heteroatoms. The number of fused-ring (bicyclic) bond motifs is 2. The summed E-state index contributed by atoms with van der Waals surface area (Å²) in [7, 11) is 1.79. The van der Waals surface area contributed by atoms with Gasteiger partial charge in [0.2, 0.25) is 0 Å². The summed E-state index contributed by atoms with van der Waals surface area (Å²) in [6.45, 7) is 3.57. The van der Waals surface area contributed by atoms with Crippen LogP contribution in [-0.4, -0.2) is 30.1 Å². The van der Waals surface area contributed by atoms with Crippen LogP contribution in [0.1, 0.15) is 27.4 Å². The third kappa shape index (κ3) is 3.36. The summed E-state index contributed by atoms with van der Waals surface area (Å²) in [4.78, 5) is 35.3. The van der Waals surface area contributed by atoms with E-state index in [1.165, 1.54) is 21.8 Å². The molecule has 0 saturated heterocycles. The van der Waals surface area contributed by atoms with Crippen molar-refractivity contribution in [2.45, 2.75) is 20.5 Å². The van der Waals surface area contributed by atoms with Crippen molar-refractivity contribution in [3.8, 4) is 11.3 Å². The monoisotopic (exact) mass is 445 g/mol. The zero-order valence-corrected chi connectivity index (χ0v) is 18.5. The van der Waals surface area contributed by atoms with Crippen LogP contribution in [0, 0.1) is 13.8 Å². The average molecular weight is 446 g/mol. The molecule has 32 heavy (non-hydrogen) atoms. The highest BCUT2D eigenvalue weighted by Crippen LogP contribution is 2.27. The molecule has 0 saturated carbocycles. The van der Waals surface area contributed by atoms with E-state index in [-0.39, 0.29) is 12.2 Å². The lowest BCUT2D eigenvalue weighted by Crippen LogP contribution is -2.16. The number of nitrogens with zero attached hydrogens (tertiary/aromatic N) is 5. The van der Waals surface area contributed by atoms with Gasteiger partial charge in [0, 0.05) is 29.8 Å². The van der Waals surface area contributed by atoms with E-state index in [0.717, 1.165) is 11.3 Å². The maximum absolute atomic E-state index is 13.1. The molecule has 8 nitrogen and oxygen atoms in total. The third-order valence-electron chi connectivity index (χ3n) is 5.24. The minimum Gasteiger partial charge on any atom is -0.456 e. The van der Waals surface area contributed by atoms with Crippen molar-refractivity contribution in [3.63, 3.8) is 0 Å². The molecule has 160 valence electrons. The first kappa shape index (κ1) is 20.1. The van der Waals surface area contributed by atoms with Gasteiger partial charge in [0.25, 0.3) is 5.56 Å². The topological polar surface area (TPSA) is 91.4 Å². The normalized spacial score (nSPS) is 11.3. The van der Waals surface area contributed by atoms with Gasteiger partial charge >= 0.3 is 5.97 Å². The number of thiazole rings is 1. The van der Waals surface area contributed by atoms with Gasteiger partial charge in [-0.15, -0.1) is 11.3 Å². The molecule has 4 aromatic heterocycles. The summed E-state index contributed by atoms with van der Waals surface area (Å²) < 4.78 is 8.77. The summed E-state index contributed by atoms with van der Waals surface area (Å²) in [6.07, 6.45) is 0. The van der Waals surface area contributed by atoms with Gasteiger partial charge in [-0.3, -0.25) is 13.9 Å². The number of esters is 1. The fourth-order valence-corrected chi connectivity index (χ4v) is 4.65. The van der Waals surface area contributed by atoms with Crippen LogP contribution in [0.15, 0.2) is 52.6 Å². The lowest BCUT2D eigenvalue weighted by Gasteiger charge is -2.09. The first-order valence-electron chi connectivity index (χ1n) is 9.96. The average Bonchev–Trinajstić information content (AvgIpc) is 3.31. The fraction of sp³-hybridized carbons (Fsp3) is 0.174. The standard InChI is InChI=1S/C23H19N5O3S/c1-13-12-32-23-24-16(9-19(29)28(13)23)11-31-22(30)17-10-18(15-7-5-4-6-8-15)25-21-20(17)14(2)26-27(21)3/h4-10,12H,11H2,1-3H3. The number of hydrogen-bond acceptors (Lipinski definition) is 7. The Labute approximate surface area is 186 Å². The third-order valence-corrected chi connectivity index (χ3v) is 6.18. The van der Waals surface area contributed by atoms with Crippen molar-refractivity contribution in [2.24, 2.45) is 7.05 Å². The molecule has 0 spiro atoms. The Balaban J connectivity index is 1.52. The van der Waals surface area contributed by atoms with E-state index in [2.05, 4.69) is 10.1 Å². The Hall–Kier alpha value is -3.85. The maximum atomic E-state index is 13.1. The Morgan fingerprint density at radius 1 is 1.12 bits per heavy atom. The second kappa shape index (κ2) is 7.69. The Morgan fingerprint density at radius 2 is 1.91 bits per heavy atom. The maximum Gasteiger partial charge on any atom is 0.339 e. The summed E-state index contributed by atoms with van der Waals surface area (Å²) in [5, 5.41) is 6.94. The van der Waals surface area contributed by atoms with Crippen molar-refractivity contribution in [2.75, 3.05) is 0 Å². The predicted molar refractivity (Wildman–Crippen MR) is 122 cm³/mol. The van der Waals surface area contributed by atoms with Gasteiger partial charge in [0.1, 0.15) is 6.61 Å². The molecule has 0 N–H and O–H groups in total. The Morgan fingerprint density at radius 3 is 2.69 bits per heavy atom. The van der Waals surface area contributed by atoms with Gasteiger partial charge in [-0.05, 0) is 19.9 Å². The highest BCUT2D eigenvalue weighted by atomic mass is 32.1. The molecule has 0 aliphatic carbocycles. The summed E-state index contributed by atoms with van der Waals surface area (Å²) >= 11 is 1.37. The van der Waals surface area contributed by atoms with Crippen LogP contribution in [0.5, 0.6) is 0 Å². The number of carbonyl (C=O) groups is 1. The van der Waals surface area contributed by atoms with Gasteiger partial charge in [-0.1, -0.05) is 30.3 Å². The molecular weight excluding hydrogens is 426 g/mol.